The van der Waals surface area contributed by atoms with Crippen LogP contribution in [0.2, 0.25) is 0 Å². The van der Waals surface area contributed by atoms with Crippen molar-refractivity contribution in [2.24, 2.45) is 5.41 Å². The van der Waals surface area contributed by atoms with Gasteiger partial charge in [0.2, 0.25) is 10.0 Å². The summed E-state index contributed by atoms with van der Waals surface area (Å²) in [4.78, 5) is 0. The van der Waals surface area contributed by atoms with Crippen molar-refractivity contribution in [3.8, 4) is 6.07 Å². The summed E-state index contributed by atoms with van der Waals surface area (Å²) < 4.78 is 26.2. The van der Waals surface area contributed by atoms with Crippen LogP contribution in [0, 0.1) is 16.7 Å². The van der Waals surface area contributed by atoms with Crippen LogP contribution < -0.4 is 4.72 Å². The number of sulfonamides is 1. The summed E-state index contributed by atoms with van der Waals surface area (Å²) in [6, 6.07) is 8.56. The molecule has 18 heavy (non-hydrogen) atoms. The Morgan fingerprint density at radius 2 is 1.78 bits per heavy atom. The zero-order valence-electron chi connectivity index (χ0n) is 10.9. The van der Waals surface area contributed by atoms with Crippen LogP contribution in [0.1, 0.15) is 31.9 Å². The van der Waals surface area contributed by atoms with Crippen molar-refractivity contribution in [1.82, 2.24) is 4.72 Å². The summed E-state index contributed by atoms with van der Waals surface area (Å²) in [5.41, 5.74) is 1.12. The van der Waals surface area contributed by atoms with Crippen LogP contribution in [0.15, 0.2) is 24.3 Å². The highest BCUT2D eigenvalue weighted by Gasteiger charge is 2.16. The molecule has 1 rings (SSSR count). The Morgan fingerprint density at radius 1 is 1.22 bits per heavy atom. The van der Waals surface area contributed by atoms with E-state index in [1.165, 1.54) is 0 Å². The molecule has 0 atom stereocenters. The standard InChI is InChI=1S/C13H18N2O2S/c1-13(2,3)10-15-18(16,17)9-12-6-4-11(8-14)5-7-12/h4-7,15H,9-10H2,1-3H3. The molecule has 98 valence electrons. The maximum Gasteiger partial charge on any atom is 0.215 e. The largest absolute Gasteiger partial charge is 0.215 e. The maximum absolute atomic E-state index is 11.8. The third kappa shape index (κ3) is 5.30. The Morgan fingerprint density at radius 3 is 2.22 bits per heavy atom. The number of hydrogen-bond donors (Lipinski definition) is 1. The van der Waals surface area contributed by atoms with E-state index in [1.807, 2.05) is 26.8 Å². The van der Waals surface area contributed by atoms with E-state index >= 15 is 0 Å². The van der Waals surface area contributed by atoms with E-state index in [1.54, 1.807) is 24.3 Å². The maximum atomic E-state index is 11.8. The number of benzene rings is 1. The van der Waals surface area contributed by atoms with Gasteiger partial charge in [0.1, 0.15) is 0 Å². The highest BCUT2D eigenvalue weighted by molar-refractivity contribution is 7.88. The van der Waals surface area contributed by atoms with Gasteiger partial charge in [-0.3, -0.25) is 0 Å². The molecule has 0 saturated carbocycles. The molecule has 0 heterocycles. The van der Waals surface area contributed by atoms with Gasteiger partial charge in [0, 0.05) is 6.54 Å². The monoisotopic (exact) mass is 266 g/mol. The molecule has 4 nitrogen and oxygen atoms in total. The highest BCUT2D eigenvalue weighted by atomic mass is 32.2. The molecular weight excluding hydrogens is 248 g/mol. The molecule has 1 aromatic carbocycles. The summed E-state index contributed by atoms with van der Waals surface area (Å²) in [6.45, 7) is 6.32. The zero-order chi connectivity index (χ0) is 13.8. The van der Waals surface area contributed by atoms with Gasteiger partial charge in [-0.15, -0.1) is 0 Å². The fourth-order valence-electron chi connectivity index (χ4n) is 1.27. The molecule has 0 unspecified atom stereocenters. The van der Waals surface area contributed by atoms with E-state index in [2.05, 4.69) is 4.72 Å². The Kier molecular flexibility index (Phi) is 4.49. The van der Waals surface area contributed by atoms with Gasteiger partial charge in [-0.05, 0) is 23.1 Å². The normalized spacial score (nSPS) is 12.1. The summed E-state index contributed by atoms with van der Waals surface area (Å²) in [7, 11) is -3.32. The first kappa shape index (κ1) is 14.7. The zero-order valence-corrected chi connectivity index (χ0v) is 11.7. The van der Waals surface area contributed by atoms with Gasteiger partial charge in [0.25, 0.3) is 0 Å². The van der Waals surface area contributed by atoms with Crippen molar-refractivity contribution in [2.75, 3.05) is 6.54 Å². The number of nitrogens with zero attached hydrogens (tertiary/aromatic N) is 1. The molecule has 0 radical (unpaired) electrons. The minimum atomic E-state index is -3.32. The second kappa shape index (κ2) is 5.51. The summed E-state index contributed by atoms with van der Waals surface area (Å²) in [6.07, 6.45) is 0. The minimum absolute atomic E-state index is 0.0607. The minimum Gasteiger partial charge on any atom is -0.214 e. The van der Waals surface area contributed by atoms with Gasteiger partial charge < -0.3 is 0 Å². The quantitative estimate of drug-likeness (QED) is 0.906. The molecule has 1 N–H and O–H groups in total. The molecule has 0 aromatic heterocycles. The lowest BCUT2D eigenvalue weighted by Gasteiger charge is -2.18. The van der Waals surface area contributed by atoms with Crippen LogP contribution in [0.3, 0.4) is 0 Å². The van der Waals surface area contributed by atoms with E-state index in [4.69, 9.17) is 5.26 Å². The van der Waals surface area contributed by atoms with Crippen LogP contribution in [0.25, 0.3) is 0 Å². The third-order valence-corrected chi connectivity index (χ3v) is 3.56. The van der Waals surface area contributed by atoms with Crippen molar-refractivity contribution < 1.29 is 8.42 Å². The SMILES string of the molecule is CC(C)(C)CNS(=O)(=O)Cc1ccc(C#N)cc1. The lowest BCUT2D eigenvalue weighted by molar-refractivity contribution is 0.407. The molecule has 1 aromatic rings. The number of hydrogen-bond acceptors (Lipinski definition) is 3. The van der Waals surface area contributed by atoms with Gasteiger partial charge in [-0.2, -0.15) is 5.26 Å². The van der Waals surface area contributed by atoms with Crippen LogP contribution >= 0.6 is 0 Å². The highest BCUT2D eigenvalue weighted by Crippen LogP contribution is 2.12. The van der Waals surface area contributed by atoms with E-state index in [-0.39, 0.29) is 11.2 Å². The molecule has 0 aliphatic heterocycles. The van der Waals surface area contributed by atoms with Gasteiger partial charge in [0.15, 0.2) is 0 Å². The molecule has 0 fully saturated rings. The van der Waals surface area contributed by atoms with Crippen LogP contribution in [0.5, 0.6) is 0 Å². The Labute approximate surface area is 109 Å². The predicted octanol–water partition coefficient (Wildman–Crippen LogP) is 2.02. The average molecular weight is 266 g/mol. The fourth-order valence-corrected chi connectivity index (χ4v) is 2.66. The van der Waals surface area contributed by atoms with Crippen molar-refractivity contribution >= 4 is 10.0 Å². The second-order valence-electron chi connectivity index (χ2n) is 5.45. The molecule has 0 spiro atoms. The molecule has 5 heteroatoms. The summed E-state index contributed by atoms with van der Waals surface area (Å²) in [5, 5.41) is 8.65. The van der Waals surface area contributed by atoms with E-state index in [9.17, 15) is 8.42 Å². The summed E-state index contributed by atoms with van der Waals surface area (Å²) in [5.74, 6) is -0.0607. The molecule has 0 aliphatic rings. The first-order valence-electron chi connectivity index (χ1n) is 5.68. The Balaban J connectivity index is 2.68. The number of rotatable bonds is 4. The van der Waals surface area contributed by atoms with Crippen LogP contribution in [-0.2, 0) is 15.8 Å². The second-order valence-corrected chi connectivity index (χ2v) is 7.26. The Hall–Kier alpha value is -1.38. The number of nitriles is 1. The van der Waals surface area contributed by atoms with Crippen molar-refractivity contribution in [2.45, 2.75) is 26.5 Å². The first-order valence-corrected chi connectivity index (χ1v) is 7.33. The Bertz CT molecular complexity index is 534. The molecule has 0 bridgehead atoms. The topological polar surface area (TPSA) is 70.0 Å². The smallest absolute Gasteiger partial charge is 0.214 e. The van der Waals surface area contributed by atoms with Gasteiger partial charge in [-0.25, -0.2) is 13.1 Å². The van der Waals surface area contributed by atoms with E-state index in [0.29, 0.717) is 17.7 Å². The van der Waals surface area contributed by atoms with Crippen molar-refractivity contribution in [3.63, 3.8) is 0 Å². The lowest BCUT2D eigenvalue weighted by atomic mass is 9.98. The average Bonchev–Trinajstić information content (AvgIpc) is 2.26. The molecule has 0 saturated heterocycles. The third-order valence-electron chi connectivity index (χ3n) is 2.26. The predicted molar refractivity (Wildman–Crippen MR) is 71.2 cm³/mol. The number of nitrogens with one attached hydrogen (secondary N) is 1. The van der Waals surface area contributed by atoms with Crippen LogP contribution in [0.4, 0.5) is 0 Å². The lowest BCUT2D eigenvalue weighted by Crippen LogP contribution is -2.33. The van der Waals surface area contributed by atoms with Gasteiger partial charge in [0.05, 0.1) is 17.4 Å². The molecule has 0 aliphatic carbocycles. The van der Waals surface area contributed by atoms with Gasteiger partial charge >= 0.3 is 0 Å². The molecule has 0 amide bonds. The first-order chi connectivity index (χ1) is 8.22. The van der Waals surface area contributed by atoms with Crippen LogP contribution in [-0.4, -0.2) is 15.0 Å². The summed E-state index contributed by atoms with van der Waals surface area (Å²) >= 11 is 0. The molecular formula is C13H18N2O2S. The van der Waals surface area contributed by atoms with E-state index in [0.717, 1.165) is 0 Å². The van der Waals surface area contributed by atoms with Crippen molar-refractivity contribution in [1.29, 1.82) is 5.26 Å². The van der Waals surface area contributed by atoms with E-state index < -0.39 is 10.0 Å². The van der Waals surface area contributed by atoms with Gasteiger partial charge in [-0.1, -0.05) is 32.9 Å². The fraction of sp³-hybridized carbons (Fsp3) is 0.462. The van der Waals surface area contributed by atoms with Crippen molar-refractivity contribution in [3.05, 3.63) is 35.4 Å².